The Labute approximate surface area is 196 Å². The van der Waals surface area contributed by atoms with Crippen LogP contribution in [0, 0.1) is 63.1 Å². The van der Waals surface area contributed by atoms with Crippen LogP contribution in [0.3, 0.4) is 0 Å². The van der Waals surface area contributed by atoms with E-state index in [0.29, 0.717) is 36.4 Å². The average Bonchev–Trinajstić information content (AvgIpc) is 3.17. The van der Waals surface area contributed by atoms with E-state index in [2.05, 4.69) is 27.7 Å². The Morgan fingerprint density at radius 1 is 0.879 bits per heavy atom. The molecule has 1 heterocycles. The van der Waals surface area contributed by atoms with E-state index in [-0.39, 0.29) is 39.3 Å². The maximum atomic E-state index is 13.3. The Bertz CT molecular complexity index is 985. The highest BCUT2D eigenvalue weighted by atomic mass is 16.6. The Morgan fingerprint density at radius 3 is 2.27 bits per heavy atom. The third-order valence-corrected chi connectivity index (χ3v) is 12.8. The number of cyclic esters (lactones) is 2. The molecule has 6 aliphatic rings. The fourth-order valence-corrected chi connectivity index (χ4v) is 11.1. The lowest BCUT2D eigenvalue weighted by atomic mass is 9.34. The standard InChI is InChI=1S/C28H38O5/c1-14(29)27(4)10-7-18-15-12-25(2)13-16-20(24(32)33-23(16)31)21-19(30)8-9-26(3,22(21)25)17(15)6-11-28(18,27)5/h15-18,20-22H,6-13H2,1-5H3/t15?,16?,17?,18?,20?,21?,22?,25?,26-,27-,28+/m1/s1. The first-order valence-electron chi connectivity index (χ1n) is 13.2. The Hall–Kier alpha value is -1.52. The first-order chi connectivity index (χ1) is 15.4. The lowest BCUT2D eigenvalue weighted by Gasteiger charge is -2.69. The lowest BCUT2D eigenvalue weighted by molar-refractivity contribution is -0.214. The minimum absolute atomic E-state index is 0.0102. The van der Waals surface area contributed by atoms with Gasteiger partial charge in [0.25, 0.3) is 0 Å². The first-order valence-corrected chi connectivity index (χ1v) is 13.2. The van der Waals surface area contributed by atoms with E-state index in [1.807, 2.05) is 0 Å². The van der Waals surface area contributed by atoms with Gasteiger partial charge in [0.2, 0.25) is 0 Å². The molecule has 0 aromatic heterocycles. The van der Waals surface area contributed by atoms with Gasteiger partial charge < -0.3 is 4.74 Å². The zero-order valence-electron chi connectivity index (χ0n) is 20.7. The Kier molecular flexibility index (Phi) is 4.24. The van der Waals surface area contributed by atoms with Gasteiger partial charge in [0.1, 0.15) is 11.6 Å². The summed E-state index contributed by atoms with van der Waals surface area (Å²) in [5, 5.41) is 0. The quantitative estimate of drug-likeness (QED) is 0.422. The van der Waals surface area contributed by atoms with Gasteiger partial charge in [-0.15, -0.1) is 0 Å². The van der Waals surface area contributed by atoms with E-state index in [0.717, 1.165) is 38.5 Å². The Morgan fingerprint density at radius 2 is 1.58 bits per heavy atom. The van der Waals surface area contributed by atoms with Crippen LogP contribution in [0.4, 0.5) is 0 Å². The summed E-state index contributed by atoms with van der Waals surface area (Å²) in [4.78, 5) is 51.6. The smallest absolute Gasteiger partial charge is 0.318 e. The number of esters is 2. The molecule has 0 bridgehead atoms. The topological polar surface area (TPSA) is 77.5 Å². The van der Waals surface area contributed by atoms with Gasteiger partial charge in [-0.1, -0.05) is 27.7 Å². The number of Topliss-reactive ketones (excluding diaryl/α,β-unsaturated/α-hetero) is 2. The van der Waals surface area contributed by atoms with Gasteiger partial charge >= 0.3 is 11.9 Å². The normalized spacial score (nSPS) is 57.0. The zero-order valence-corrected chi connectivity index (χ0v) is 20.7. The van der Waals surface area contributed by atoms with Crippen LogP contribution in [0.1, 0.15) is 86.0 Å². The fourth-order valence-electron chi connectivity index (χ4n) is 11.1. The summed E-state index contributed by atoms with van der Waals surface area (Å²) in [6, 6.07) is 0. The molecule has 1 saturated heterocycles. The predicted octanol–water partition coefficient (Wildman–Crippen LogP) is 4.76. The second kappa shape index (κ2) is 6.37. The number of hydrogen-bond acceptors (Lipinski definition) is 5. The molecule has 6 rings (SSSR count). The number of rotatable bonds is 1. The highest BCUT2D eigenvalue weighted by molar-refractivity contribution is 6.00. The van der Waals surface area contributed by atoms with Crippen LogP contribution in [0.2, 0.25) is 0 Å². The van der Waals surface area contributed by atoms with Gasteiger partial charge in [-0.05, 0) is 91.8 Å². The second-order valence-electron chi connectivity index (χ2n) is 13.7. The molecule has 11 atom stereocenters. The summed E-state index contributed by atoms with van der Waals surface area (Å²) in [6.45, 7) is 11.0. The molecule has 5 nitrogen and oxygen atoms in total. The predicted molar refractivity (Wildman–Crippen MR) is 121 cm³/mol. The van der Waals surface area contributed by atoms with Gasteiger partial charge in [-0.25, -0.2) is 0 Å². The summed E-state index contributed by atoms with van der Waals surface area (Å²) in [5.41, 5.74) is -0.410. The number of ether oxygens (including phenoxy) is 1. The van der Waals surface area contributed by atoms with Gasteiger partial charge in [0.15, 0.2) is 0 Å². The maximum absolute atomic E-state index is 13.3. The minimum atomic E-state index is -0.569. The summed E-state index contributed by atoms with van der Waals surface area (Å²) in [6.07, 6.45) is 7.28. The first kappa shape index (κ1) is 22.0. The van der Waals surface area contributed by atoms with Crippen molar-refractivity contribution in [2.24, 2.45) is 63.1 Å². The molecule has 0 aromatic rings. The number of hydrogen-bond donors (Lipinski definition) is 0. The van der Waals surface area contributed by atoms with Crippen molar-refractivity contribution in [3.05, 3.63) is 0 Å². The van der Waals surface area contributed by atoms with Crippen LogP contribution in [0.5, 0.6) is 0 Å². The van der Waals surface area contributed by atoms with E-state index in [9.17, 15) is 19.2 Å². The number of fused-ring (bicyclic) bond motifs is 6. The second-order valence-corrected chi connectivity index (χ2v) is 13.7. The molecule has 1 aliphatic heterocycles. The van der Waals surface area contributed by atoms with E-state index in [1.165, 1.54) is 0 Å². The van der Waals surface area contributed by atoms with Gasteiger partial charge in [-0.2, -0.15) is 0 Å². The zero-order chi connectivity index (χ0) is 23.7. The summed E-state index contributed by atoms with van der Waals surface area (Å²) >= 11 is 0. The molecule has 6 fully saturated rings. The molecule has 0 radical (unpaired) electrons. The minimum Gasteiger partial charge on any atom is -0.393 e. The summed E-state index contributed by atoms with van der Waals surface area (Å²) in [5.74, 6) is -0.102. The molecule has 5 aliphatic carbocycles. The molecule has 33 heavy (non-hydrogen) atoms. The largest absolute Gasteiger partial charge is 0.393 e. The average molecular weight is 455 g/mol. The SMILES string of the molecule is CC(=O)[C@@]1(C)CCC2C3CC4(C)CC5C(=O)OC(=O)C5C5C(=O)CC[C@](C)(C3CC[C@@]21C)C54. The summed E-state index contributed by atoms with van der Waals surface area (Å²) in [7, 11) is 0. The third-order valence-electron chi connectivity index (χ3n) is 12.8. The van der Waals surface area contributed by atoms with Gasteiger partial charge in [0.05, 0.1) is 11.8 Å². The molecule has 5 saturated carbocycles. The monoisotopic (exact) mass is 454 g/mol. The molecular weight excluding hydrogens is 416 g/mol. The highest BCUT2D eigenvalue weighted by Gasteiger charge is 2.73. The van der Waals surface area contributed by atoms with Gasteiger partial charge in [-0.3, -0.25) is 19.2 Å². The molecular formula is C28H38O5. The van der Waals surface area contributed by atoms with Crippen LogP contribution in [-0.4, -0.2) is 23.5 Å². The van der Waals surface area contributed by atoms with E-state index < -0.39 is 23.8 Å². The molecule has 0 spiro atoms. The van der Waals surface area contributed by atoms with E-state index in [1.54, 1.807) is 6.92 Å². The van der Waals surface area contributed by atoms with E-state index >= 15 is 0 Å². The fraction of sp³-hybridized carbons (Fsp3) is 0.857. The summed E-state index contributed by atoms with van der Waals surface area (Å²) < 4.78 is 5.12. The number of carbonyl (C=O) groups is 4. The van der Waals surface area contributed by atoms with Crippen molar-refractivity contribution in [3.63, 3.8) is 0 Å². The number of ketones is 2. The van der Waals surface area contributed by atoms with Crippen LogP contribution < -0.4 is 0 Å². The van der Waals surface area contributed by atoms with Gasteiger partial charge in [0, 0.05) is 17.8 Å². The molecule has 8 unspecified atom stereocenters. The van der Waals surface area contributed by atoms with Crippen LogP contribution in [-0.2, 0) is 23.9 Å². The molecule has 0 amide bonds. The molecule has 0 N–H and O–H groups in total. The highest BCUT2D eigenvalue weighted by Crippen LogP contribution is 2.76. The van der Waals surface area contributed by atoms with Crippen LogP contribution in [0.15, 0.2) is 0 Å². The van der Waals surface area contributed by atoms with Crippen molar-refractivity contribution in [1.82, 2.24) is 0 Å². The number of carbonyl (C=O) groups excluding carboxylic acids is 4. The van der Waals surface area contributed by atoms with Crippen molar-refractivity contribution in [1.29, 1.82) is 0 Å². The molecule has 0 aromatic carbocycles. The van der Waals surface area contributed by atoms with Crippen LogP contribution in [0.25, 0.3) is 0 Å². The van der Waals surface area contributed by atoms with Crippen LogP contribution >= 0.6 is 0 Å². The van der Waals surface area contributed by atoms with Crippen molar-refractivity contribution in [3.8, 4) is 0 Å². The van der Waals surface area contributed by atoms with Crippen molar-refractivity contribution < 1.29 is 23.9 Å². The Balaban J connectivity index is 1.46. The molecule has 180 valence electrons. The lowest BCUT2D eigenvalue weighted by Crippen LogP contribution is -2.66. The van der Waals surface area contributed by atoms with Crippen molar-refractivity contribution >= 4 is 23.5 Å². The van der Waals surface area contributed by atoms with Crippen molar-refractivity contribution in [2.75, 3.05) is 0 Å². The third kappa shape index (κ3) is 2.40. The molecule has 5 heteroatoms. The van der Waals surface area contributed by atoms with E-state index in [4.69, 9.17) is 4.74 Å². The maximum Gasteiger partial charge on any atom is 0.318 e. The van der Waals surface area contributed by atoms with Crippen molar-refractivity contribution in [2.45, 2.75) is 86.0 Å².